The predicted octanol–water partition coefficient (Wildman–Crippen LogP) is 4.46. The van der Waals surface area contributed by atoms with E-state index in [4.69, 9.17) is 0 Å². The van der Waals surface area contributed by atoms with E-state index in [2.05, 4.69) is 52.2 Å². The minimum Gasteiger partial charge on any atom is -0.316 e. The van der Waals surface area contributed by atoms with Crippen LogP contribution < -0.4 is 5.32 Å². The summed E-state index contributed by atoms with van der Waals surface area (Å²) in [7, 11) is 0. The highest BCUT2D eigenvalue weighted by atomic mass is 127. The zero-order valence-electron chi connectivity index (χ0n) is 10.8. The van der Waals surface area contributed by atoms with Crippen molar-refractivity contribution in [2.45, 2.75) is 36.5 Å². The quantitative estimate of drug-likeness (QED) is 0.409. The maximum absolute atomic E-state index is 3.63. The highest BCUT2D eigenvalue weighted by molar-refractivity contribution is 14.1. The minimum atomic E-state index is 0.723. The molecule has 0 fully saturated rings. The van der Waals surface area contributed by atoms with Crippen LogP contribution in [-0.2, 0) is 0 Å². The Morgan fingerprint density at radius 3 is 2.89 bits per heavy atom. The SMILES string of the molecule is ICCCCCCNCC1CSc2ccccc21. The standard InChI is InChI=1S/C15H22INS/c16-9-5-1-2-6-10-17-11-13-12-18-15-8-4-3-7-14(13)15/h3-4,7-8,13,17H,1-2,5-6,9-12H2. The first-order valence-corrected chi connectivity index (χ1v) is 9.41. The molecule has 18 heavy (non-hydrogen) atoms. The Morgan fingerprint density at radius 1 is 1.17 bits per heavy atom. The molecule has 1 N–H and O–H groups in total. The lowest BCUT2D eigenvalue weighted by Crippen LogP contribution is -2.22. The van der Waals surface area contributed by atoms with E-state index < -0.39 is 0 Å². The van der Waals surface area contributed by atoms with Crippen molar-refractivity contribution in [3.05, 3.63) is 29.8 Å². The number of rotatable bonds is 8. The normalized spacial score (nSPS) is 17.9. The third-order valence-electron chi connectivity index (χ3n) is 3.43. The van der Waals surface area contributed by atoms with Crippen molar-refractivity contribution in [1.82, 2.24) is 5.32 Å². The molecule has 100 valence electrons. The lowest BCUT2D eigenvalue weighted by Gasteiger charge is -2.11. The second-order valence-corrected chi connectivity index (χ2v) is 6.99. The van der Waals surface area contributed by atoms with Crippen molar-refractivity contribution in [3.8, 4) is 0 Å². The van der Waals surface area contributed by atoms with Gasteiger partial charge in [-0.25, -0.2) is 0 Å². The van der Waals surface area contributed by atoms with Crippen LogP contribution in [0.15, 0.2) is 29.2 Å². The van der Waals surface area contributed by atoms with E-state index in [9.17, 15) is 0 Å². The molecule has 2 rings (SSSR count). The molecule has 0 bridgehead atoms. The zero-order valence-corrected chi connectivity index (χ0v) is 13.8. The van der Waals surface area contributed by atoms with Gasteiger partial charge in [0, 0.05) is 23.1 Å². The number of hydrogen-bond acceptors (Lipinski definition) is 2. The Hall–Kier alpha value is 0.260. The van der Waals surface area contributed by atoms with Crippen LogP contribution in [0.3, 0.4) is 0 Å². The van der Waals surface area contributed by atoms with Crippen molar-refractivity contribution in [3.63, 3.8) is 0 Å². The first-order chi connectivity index (χ1) is 8.92. The molecule has 1 aliphatic heterocycles. The molecule has 1 atom stereocenters. The number of nitrogens with one attached hydrogen (secondary N) is 1. The molecular weight excluding hydrogens is 353 g/mol. The highest BCUT2D eigenvalue weighted by Gasteiger charge is 2.21. The lowest BCUT2D eigenvalue weighted by molar-refractivity contribution is 0.573. The van der Waals surface area contributed by atoms with Gasteiger partial charge in [-0.3, -0.25) is 0 Å². The minimum absolute atomic E-state index is 0.723. The second kappa shape index (κ2) is 8.43. The molecule has 0 aliphatic carbocycles. The van der Waals surface area contributed by atoms with Gasteiger partial charge in [-0.15, -0.1) is 11.8 Å². The van der Waals surface area contributed by atoms with Crippen LogP contribution in [0.4, 0.5) is 0 Å². The Labute approximate surface area is 129 Å². The summed E-state index contributed by atoms with van der Waals surface area (Å²) < 4.78 is 1.31. The first kappa shape index (κ1) is 14.7. The summed E-state index contributed by atoms with van der Waals surface area (Å²) in [4.78, 5) is 1.49. The number of hydrogen-bond donors (Lipinski definition) is 1. The van der Waals surface area contributed by atoms with Gasteiger partial charge in [0.1, 0.15) is 0 Å². The van der Waals surface area contributed by atoms with Gasteiger partial charge in [0.2, 0.25) is 0 Å². The summed E-state index contributed by atoms with van der Waals surface area (Å²) >= 11 is 4.47. The van der Waals surface area contributed by atoms with Gasteiger partial charge in [0.25, 0.3) is 0 Å². The van der Waals surface area contributed by atoms with Gasteiger partial charge in [0.05, 0.1) is 0 Å². The Balaban J connectivity index is 1.61. The summed E-state index contributed by atoms with van der Waals surface area (Å²) in [6.07, 6.45) is 5.49. The molecule has 0 amide bonds. The van der Waals surface area contributed by atoms with E-state index in [1.807, 2.05) is 11.8 Å². The third kappa shape index (κ3) is 4.42. The fourth-order valence-corrected chi connectivity index (χ4v) is 4.17. The Bertz CT molecular complexity index is 356. The number of fused-ring (bicyclic) bond motifs is 1. The van der Waals surface area contributed by atoms with Gasteiger partial charge < -0.3 is 5.32 Å². The molecule has 0 saturated heterocycles. The van der Waals surface area contributed by atoms with Gasteiger partial charge >= 0.3 is 0 Å². The third-order valence-corrected chi connectivity index (χ3v) is 5.44. The number of halogens is 1. The average molecular weight is 375 g/mol. The maximum atomic E-state index is 3.63. The van der Waals surface area contributed by atoms with Crippen LogP contribution in [0.25, 0.3) is 0 Å². The summed E-state index contributed by atoms with van der Waals surface area (Å²) in [6, 6.07) is 8.86. The molecule has 0 spiro atoms. The molecule has 0 saturated carbocycles. The number of alkyl halides is 1. The lowest BCUT2D eigenvalue weighted by atomic mass is 10.0. The van der Waals surface area contributed by atoms with Crippen molar-refractivity contribution in [1.29, 1.82) is 0 Å². The summed E-state index contributed by atoms with van der Waals surface area (Å²) in [5, 5.41) is 3.63. The average Bonchev–Trinajstić information content (AvgIpc) is 2.81. The Kier molecular flexibility index (Phi) is 6.87. The van der Waals surface area contributed by atoms with Crippen molar-refractivity contribution in [2.24, 2.45) is 0 Å². The largest absolute Gasteiger partial charge is 0.316 e. The number of benzene rings is 1. The summed E-state index contributed by atoms with van der Waals surface area (Å²) in [5.41, 5.74) is 1.56. The van der Waals surface area contributed by atoms with Gasteiger partial charge in [-0.05, 0) is 35.4 Å². The maximum Gasteiger partial charge on any atom is 0.0108 e. The monoisotopic (exact) mass is 375 g/mol. The fraction of sp³-hybridized carbons (Fsp3) is 0.600. The van der Waals surface area contributed by atoms with E-state index in [1.165, 1.54) is 47.3 Å². The fourth-order valence-electron chi connectivity index (χ4n) is 2.37. The Morgan fingerprint density at radius 2 is 2.00 bits per heavy atom. The van der Waals surface area contributed by atoms with E-state index in [0.717, 1.165) is 12.5 Å². The molecular formula is C15H22INS. The molecule has 3 heteroatoms. The molecule has 1 heterocycles. The molecule has 1 aliphatic rings. The molecule has 1 nitrogen and oxygen atoms in total. The highest BCUT2D eigenvalue weighted by Crippen LogP contribution is 2.38. The second-order valence-electron chi connectivity index (χ2n) is 4.85. The van der Waals surface area contributed by atoms with Crippen LogP contribution in [0.5, 0.6) is 0 Å². The van der Waals surface area contributed by atoms with E-state index >= 15 is 0 Å². The first-order valence-electron chi connectivity index (χ1n) is 6.90. The molecule has 1 unspecified atom stereocenters. The summed E-state index contributed by atoms with van der Waals surface area (Å²) in [5.74, 6) is 1.97. The van der Waals surface area contributed by atoms with Crippen LogP contribution in [0, 0.1) is 0 Å². The molecule has 0 aromatic heterocycles. The van der Waals surface area contributed by atoms with Gasteiger partial charge in [-0.2, -0.15) is 0 Å². The van der Waals surface area contributed by atoms with Crippen molar-refractivity contribution in [2.75, 3.05) is 23.3 Å². The van der Waals surface area contributed by atoms with Gasteiger partial charge in [-0.1, -0.05) is 53.6 Å². The smallest absolute Gasteiger partial charge is 0.0108 e. The molecule has 1 aromatic carbocycles. The van der Waals surface area contributed by atoms with E-state index in [0.29, 0.717) is 0 Å². The van der Waals surface area contributed by atoms with Crippen LogP contribution in [0.2, 0.25) is 0 Å². The van der Waals surface area contributed by atoms with Crippen molar-refractivity contribution < 1.29 is 0 Å². The van der Waals surface area contributed by atoms with E-state index in [-0.39, 0.29) is 0 Å². The predicted molar refractivity (Wildman–Crippen MR) is 90.1 cm³/mol. The summed E-state index contributed by atoms with van der Waals surface area (Å²) in [6.45, 7) is 2.33. The van der Waals surface area contributed by atoms with Crippen LogP contribution in [-0.4, -0.2) is 23.3 Å². The number of thioether (sulfide) groups is 1. The number of unbranched alkanes of at least 4 members (excludes halogenated alkanes) is 3. The van der Waals surface area contributed by atoms with Crippen LogP contribution in [0.1, 0.15) is 37.2 Å². The van der Waals surface area contributed by atoms with Crippen molar-refractivity contribution >= 4 is 34.4 Å². The van der Waals surface area contributed by atoms with E-state index in [1.54, 1.807) is 5.56 Å². The zero-order chi connectivity index (χ0) is 12.6. The van der Waals surface area contributed by atoms with Crippen LogP contribution >= 0.6 is 34.4 Å². The molecule has 0 radical (unpaired) electrons. The van der Waals surface area contributed by atoms with Gasteiger partial charge in [0.15, 0.2) is 0 Å². The molecule has 1 aromatic rings. The topological polar surface area (TPSA) is 12.0 Å².